The Bertz CT molecular complexity index is 413. The predicted molar refractivity (Wildman–Crippen MR) is 95.5 cm³/mol. The second-order valence-corrected chi connectivity index (χ2v) is 7.74. The molecule has 0 radical (unpaired) electrons. The van der Waals surface area contributed by atoms with E-state index in [9.17, 15) is 9.59 Å². The first kappa shape index (κ1) is 19.2. The molecule has 6 heteroatoms. The summed E-state index contributed by atoms with van der Waals surface area (Å²) >= 11 is 0. The summed E-state index contributed by atoms with van der Waals surface area (Å²) in [6.45, 7) is 7.43. The summed E-state index contributed by atoms with van der Waals surface area (Å²) in [5, 5.41) is 3.16. The van der Waals surface area contributed by atoms with E-state index < -0.39 is 6.04 Å². The molecule has 138 valence electrons. The summed E-state index contributed by atoms with van der Waals surface area (Å²) in [6, 6.07) is -0.0331. The van der Waals surface area contributed by atoms with Crippen LogP contribution in [-0.4, -0.2) is 66.4 Å². The van der Waals surface area contributed by atoms with Gasteiger partial charge in [0.25, 0.3) is 0 Å². The first-order valence-corrected chi connectivity index (χ1v) is 9.51. The van der Waals surface area contributed by atoms with Crippen LogP contribution in [-0.2, 0) is 9.59 Å². The minimum atomic E-state index is -0.397. The highest BCUT2D eigenvalue weighted by Gasteiger charge is 2.26. The van der Waals surface area contributed by atoms with Crippen molar-refractivity contribution in [3.05, 3.63) is 0 Å². The topological polar surface area (TPSA) is 78.7 Å². The Kier molecular flexibility index (Phi) is 7.49. The molecule has 0 aromatic carbocycles. The molecule has 2 aliphatic rings. The van der Waals surface area contributed by atoms with E-state index in [4.69, 9.17) is 5.73 Å². The van der Waals surface area contributed by atoms with Crippen LogP contribution < -0.4 is 11.1 Å². The number of nitrogens with one attached hydrogen (secondary N) is 1. The van der Waals surface area contributed by atoms with Crippen LogP contribution in [0.2, 0.25) is 0 Å². The van der Waals surface area contributed by atoms with Crippen LogP contribution in [0, 0.1) is 5.92 Å². The smallest absolute Gasteiger partial charge is 0.239 e. The number of piperazine rings is 1. The average molecular weight is 338 g/mol. The van der Waals surface area contributed by atoms with Crippen LogP contribution in [0.25, 0.3) is 0 Å². The zero-order valence-electron chi connectivity index (χ0n) is 15.3. The molecule has 0 bridgehead atoms. The van der Waals surface area contributed by atoms with Crippen molar-refractivity contribution in [3.8, 4) is 0 Å². The lowest BCUT2D eigenvalue weighted by Crippen LogP contribution is -2.55. The van der Waals surface area contributed by atoms with Crippen molar-refractivity contribution >= 4 is 11.8 Å². The highest BCUT2D eigenvalue weighted by molar-refractivity contribution is 5.82. The fourth-order valence-corrected chi connectivity index (χ4v) is 3.69. The standard InChI is InChI=1S/C18H34N4O2/c1-14(2)12-16(19)18(24)22-10-8-21(9-11-22)13-17(23)20-15-6-4-3-5-7-15/h14-16H,3-13,19H2,1-2H3,(H,20,23)/t16-/m0/s1. The quantitative estimate of drug-likeness (QED) is 0.756. The molecule has 1 aliphatic carbocycles. The SMILES string of the molecule is CC(C)C[C@H](N)C(=O)N1CCN(CC(=O)NC2CCCCC2)CC1. The van der Waals surface area contributed by atoms with Gasteiger partial charge in [-0.15, -0.1) is 0 Å². The fraction of sp³-hybridized carbons (Fsp3) is 0.889. The van der Waals surface area contributed by atoms with Crippen LogP contribution in [0.15, 0.2) is 0 Å². The van der Waals surface area contributed by atoms with E-state index in [0.717, 1.165) is 32.4 Å². The molecule has 1 aliphatic heterocycles. The van der Waals surface area contributed by atoms with Gasteiger partial charge in [-0.3, -0.25) is 14.5 Å². The molecule has 2 fully saturated rings. The Morgan fingerprint density at radius 3 is 2.29 bits per heavy atom. The summed E-state index contributed by atoms with van der Waals surface area (Å²) in [7, 11) is 0. The maximum atomic E-state index is 12.3. The first-order chi connectivity index (χ1) is 11.5. The molecule has 2 rings (SSSR count). The van der Waals surface area contributed by atoms with Crippen LogP contribution in [0.3, 0.4) is 0 Å². The van der Waals surface area contributed by atoms with E-state index in [1.807, 2.05) is 4.90 Å². The maximum Gasteiger partial charge on any atom is 0.239 e. The molecule has 24 heavy (non-hydrogen) atoms. The van der Waals surface area contributed by atoms with Crippen LogP contribution in [0.4, 0.5) is 0 Å². The molecule has 1 saturated carbocycles. The van der Waals surface area contributed by atoms with Crippen molar-refractivity contribution in [2.24, 2.45) is 11.7 Å². The first-order valence-electron chi connectivity index (χ1n) is 9.51. The van der Waals surface area contributed by atoms with Crippen molar-refractivity contribution in [3.63, 3.8) is 0 Å². The van der Waals surface area contributed by atoms with E-state index in [0.29, 0.717) is 31.6 Å². The number of hydrogen-bond acceptors (Lipinski definition) is 4. The van der Waals surface area contributed by atoms with Gasteiger partial charge in [-0.1, -0.05) is 33.1 Å². The molecular weight excluding hydrogens is 304 g/mol. The van der Waals surface area contributed by atoms with Gasteiger partial charge in [0.1, 0.15) is 0 Å². The minimum absolute atomic E-state index is 0.0509. The monoisotopic (exact) mass is 338 g/mol. The number of nitrogens with zero attached hydrogens (tertiary/aromatic N) is 2. The average Bonchev–Trinajstić information content (AvgIpc) is 2.55. The van der Waals surface area contributed by atoms with Gasteiger partial charge in [0.05, 0.1) is 12.6 Å². The van der Waals surface area contributed by atoms with Crippen molar-refractivity contribution in [1.82, 2.24) is 15.1 Å². The Hall–Kier alpha value is -1.14. The third-order valence-corrected chi connectivity index (χ3v) is 5.06. The Balaban J connectivity index is 1.68. The normalized spacial score (nSPS) is 21.8. The number of nitrogens with two attached hydrogens (primary N) is 1. The summed E-state index contributed by atoms with van der Waals surface area (Å²) in [5.74, 6) is 0.599. The van der Waals surface area contributed by atoms with E-state index >= 15 is 0 Å². The molecule has 0 unspecified atom stereocenters. The van der Waals surface area contributed by atoms with E-state index in [1.54, 1.807) is 0 Å². The minimum Gasteiger partial charge on any atom is -0.352 e. The lowest BCUT2D eigenvalue weighted by Gasteiger charge is -2.36. The second-order valence-electron chi connectivity index (χ2n) is 7.74. The summed E-state index contributed by atoms with van der Waals surface area (Å²) in [6.07, 6.45) is 6.69. The van der Waals surface area contributed by atoms with Crippen LogP contribution in [0.1, 0.15) is 52.4 Å². The summed E-state index contributed by atoms with van der Waals surface area (Å²) in [5.41, 5.74) is 6.00. The third-order valence-electron chi connectivity index (χ3n) is 5.06. The Morgan fingerprint density at radius 1 is 1.08 bits per heavy atom. The van der Waals surface area contributed by atoms with Gasteiger partial charge in [0.2, 0.25) is 11.8 Å². The molecule has 2 amide bonds. The van der Waals surface area contributed by atoms with Gasteiger partial charge in [-0.05, 0) is 25.2 Å². The molecule has 1 saturated heterocycles. The van der Waals surface area contributed by atoms with Crippen molar-refractivity contribution in [2.45, 2.75) is 64.5 Å². The molecule has 0 aromatic heterocycles. The van der Waals surface area contributed by atoms with Gasteiger partial charge in [0, 0.05) is 32.2 Å². The molecule has 6 nitrogen and oxygen atoms in total. The van der Waals surface area contributed by atoms with E-state index in [1.165, 1.54) is 19.3 Å². The second kappa shape index (κ2) is 9.37. The van der Waals surface area contributed by atoms with Gasteiger partial charge < -0.3 is 16.0 Å². The van der Waals surface area contributed by atoms with Crippen molar-refractivity contribution in [1.29, 1.82) is 0 Å². The lowest BCUT2D eigenvalue weighted by atomic mass is 9.95. The number of amides is 2. The number of carbonyl (C=O) groups is 2. The van der Waals surface area contributed by atoms with Crippen LogP contribution >= 0.6 is 0 Å². The highest BCUT2D eigenvalue weighted by atomic mass is 16.2. The van der Waals surface area contributed by atoms with E-state index in [-0.39, 0.29) is 11.8 Å². The number of carbonyl (C=O) groups excluding carboxylic acids is 2. The van der Waals surface area contributed by atoms with Crippen molar-refractivity contribution in [2.75, 3.05) is 32.7 Å². The maximum absolute atomic E-state index is 12.3. The largest absolute Gasteiger partial charge is 0.352 e. The Morgan fingerprint density at radius 2 is 1.71 bits per heavy atom. The van der Waals surface area contributed by atoms with E-state index in [2.05, 4.69) is 24.1 Å². The molecule has 1 heterocycles. The molecule has 0 aromatic rings. The molecular formula is C18H34N4O2. The van der Waals surface area contributed by atoms with Gasteiger partial charge in [-0.2, -0.15) is 0 Å². The fourth-order valence-electron chi connectivity index (χ4n) is 3.69. The predicted octanol–water partition coefficient (Wildman–Crippen LogP) is 0.953. The zero-order chi connectivity index (χ0) is 17.5. The summed E-state index contributed by atoms with van der Waals surface area (Å²) in [4.78, 5) is 28.5. The molecule has 1 atom stereocenters. The van der Waals surface area contributed by atoms with Crippen LogP contribution in [0.5, 0.6) is 0 Å². The highest BCUT2D eigenvalue weighted by Crippen LogP contribution is 2.17. The number of hydrogen-bond donors (Lipinski definition) is 2. The zero-order valence-corrected chi connectivity index (χ0v) is 15.3. The molecule has 0 spiro atoms. The van der Waals surface area contributed by atoms with Gasteiger partial charge >= 0.3 is 0 Å². The van der Waals surface area contributed by atoms with Crippen molar-refractivity contribution < 1.29 is 9.59 Å². The molecule has 3 N–H and O–H groups in total. The third kappa shape index (κ3) is 6.06. The lowest BCUT2D eigenvalue weighted by molar-refractivity contribution is -0.135. The van der Waals surface area contributed by atoms with Gasteiger partial charge in [-0.25, -0.2) is 0 Å². The van der Waals surface area contributed by atoms with Gasteiger partial charge in [0.15, 0.2) is 0 Å². The number of rotatable bonds is 6. The summed E-state index contributed by atoms with van der Waals surface area (Å²) < 4.78 is 0. The Labute approximate surface area is 146 Å².